The lowest BCUT2D eigenvalue weighted by atomic mass is 9.91. The van der Waals surface area contributed by atoms with E-state index in [2.05, 4.69) is 31.0 Å². The first kappa shape index (κ1) is 13.7. The van der Waals surface area contributed by atoms with Gasteiger partial charge in [0.1, 0.15) is 0 Å². The number of anilines is 1. The van der Waals surface area contributed by atoms with Crippen molar-refractivity contribution >= 4 is 28.4 Å². The molecule has 3 rings (SSSR count). The lowest BCUT2D eigenvalue weighted by molar-refractivity contribution is 0.394. The number of nitrogen functional groups attached to an aromatic ring is 1. The molecule has 2 nitrogen and oxygen atoms in total. The van der Waals surface area contributed by atoms with E-state index in [-0.39, 0.29) is 0 Å². The molecule has 1 saturated carbocycles. The van der Waals surface area contributed by atoms with Crippen LogP contribution in [-0.4, -0.2) is 10.2 Å². The number of pyridine rings is 1. The molecule has 2 unspecified atom stereocenters. The Morgan fingerprint density at radius 3 is 2.90 bits per heavy atom. The Labute approximate surface area is 125 Å². The molecule has 106 valence electrons. The predicted molar refractivity (Wildman–Crippen MR) is 88.2 cm³/mol. The van der Waals surface area contributed by atoms with Gasteiger partial charge in [0.05, 0.1) is 5.52 Å². The van der Waals surface area contributed by atoms with E-state index in [0.717, 1.165) is 28.1 Å². The van der Waals surface area contributed by atoms with Crippen molar-refractivity contribution in [2.75, 3.05) is 5.73 Å². The molecule has 2 aromatic rings. The standard InChI is InChI=1S/C17H22N2S/c1-11-4-3-5-14(8-11)20-17-9-12(2)19-16-7-6-13(18)10-15(16)17/h6-7,9-11,14H,3-5,8,18H2,1-2H3. The van der Waals surface area contributed by atoms with Crippen molar-refractivity contribution in [1.82, 2.24) is 4.98 Å². The van der Waals surface area contributed by atoms with Gasteiger partial charge in [0.15, 0.2) is 0 Å². The second-order valence-electron chi connectivity index (χ2n) is 6.05. The topological polar surface area (TPSA) is 38.9 Å². The molecule has 0 aliphatic heterocycles. The minimum atomic E-state index is 0.741. The quantitative estimate of drug-likeness (QED) is 0.806. The highest BCUT2D eigenvalue weighted by atomic mass is 32.2. The summed E-state index contributed by atoms with van der Waals surface area (Å²) < 4.78 is 0. The second-order valence-corrected chi connectivity index (χ2v) is 7.39. The van der Waals surface area contributed by atoms with Crippen molar-refractivity contribution in [2.45, 2.75) is 49.7 Å². The molecule has 20 heavy (non-hydrogen) atoms. The average molecular weight is 286 g/mol. The number of aryl methyl sites for hydroxylation is 1. The van der Waals surface area contributed by atoms with Crippen molar-refractivity contribution < 1.29 is 0 Å². The highest BCUT2D eigenvalue weighted by molar-refractivity contribution is 8.00. The van der Waals surface area contributed by atoms with Crippen LogP contribution in [0.1, 0.15) is 38.3 Å². The highest BCUT2D eigenvalue weighted by Crippen LogP contribution is 2.39. The normalized spacial score (nSPS) is 23.1. The van der Waals surface area contributed by atoms with E-state index in [1.54, 1.807) is 0 Å². The molecule has 1 fully saturated rings. The number of hydrogen-bond donors (Lipinski definition) is 1. The number of aromatic nitrogens is 1. The number of fused-ring (bicyclic) bond motifs is 1. The minimum absolute atomic E-state index is 0.741. The predicted octanol–water partition coefficient (Wildman–Crippen LogP) is 4.80. The van der Waals surface area contributed by atoms with Gasteiger partial charge in [-0.25, -0.2) is 0 Å². The largest absolute Gasteiger partial charge is 0.399 e. The molecule has 1 heterocycles. The number of nitrogens with two attached hydrogens (primary N) is 1. The van der Waals surface area contributed by atoms with Crippen LogP contribution in [0.5, 0.6) is 0 Å². The molecule has 0 radical (unpaired) electrons. The van der Waals surface area contributed by atoms with E-state index in [9.17, 15) is 0 Å². The summed E-state index contributed by atoms with van der Waals surface area (Å²) in [4.78, 5) is 5.96. The Hall–Kier alpha value is -1.22. The third kappa shape index (κ3) is 2.93. The van der Waals surface area contributed by atoms with Crippen molar-refractivity contribution in [3.63, 3.8) is 0 Å². The summed E-state index contributed by atoms with van der Waals surface area (Å²) in [6, 6.07) is 8.25. The Morgan fingerprint density at radius 1 is 1.25 bits per heavy atom. The molecule has 1 aromatic heterocycles. The minimum Gasteiger partial charge on any atom is -0.399 e. The fourth-order valence-electron chi connectivity index (χ4n) is 3.10. The number of rotatable bonds is 2. The Morgan fingerprint density at radius 2 is 2.10 bits per heavy atom. The molecule has 1 aliphatic carbocycles. The maximum atomic E-state index is 5.95. The molecule has 0 spiro atoms. The van der Waals surface area contributed by atoms with Crippen molar-refractivity contribution in [3.8, 4) is 0 Å². The third-order valence-electron chi connectivity index (χ3n) is 4.10. The molecule has 0 bridgehead atoms. The highest BCUT2D eigenvalue weighted by Gasteiger charge is 2.20. The second kappa shape index (κ2) is 5.65. The van der Waals surface area contributed by atoms with Crippen LogP contribution in [0, 0.1) is 12.8 Å². The molecule has 2 atom stereocenters. The van der Waals surface area contributed by atoms with Gasteiger partial charge < -0.3 is 5.73 Å². The van der Waals surface area contributed by atoms with Crippen LogP contribution < -0.4 is 5.73 Å². The van der Waals surface area contributed by atoms with E-state index in [4.69, 9.17) is 5.73 Å². The molecule has 0 amide bonds. The van der Waals surface area contributed by atoms with E-state index in [1.165, 1.54) is 36.0 Å². The van der Waals surface area contributed by atoms with Gasteiger partial charge >= 0.3 is 0 Å². The first-order valence-electron chi connectivity index (χ1n) is 7.45. The van der Waals surface area contributed by atoms with Gasteiger partial charge in [-0.3, -0.25) is 4.98 Å². The fourth-order valence-corrected chi connectivity index (χ4v) is 4.70. The zero-order valence-corrected chi connectivity index (χ0v) is 13.0. The number of thioether (sulfide) groups is 1. The van der Waals surface area contributed by atoms with Gasteiger partial charge in [-0.15, -0.1) is 11.8 Å². The Kier molecular flexibility index (Phi) is 3.88. The molecule has 1 aliphatic rings. The first-order chi connectivity index (χ1) is 9.61. The van der Waals surface area contributed by atoms with Gasteiger partial charge in [-0.05, 0) is 49.9 Å². The summed E-state index contributed by atoms with van der Waals surface area (Å²) in [5, 5.41) is 1.95. The van der Waals surface area contributed by atoms with Crippen LogP contribution >= 0.6 is 11.8 Å². The van der Waals surface area contributed by atoms with Crippen LogP contribution in [0.25, 0.3) is 10.9 Å². The molecular weight excluding hydrogens is 264 g/mol. The molecule has 0 saturated heterocycles. The lowest BCUT2D eigenvalue weighted by Crippen LogP contribution is -2.14. The van der Waals surface area contributed by atoms with E-state index in [1.807, 2.05) is 23.9 Å². The van der Waals surface area contributed by atoms with Crippen LogP contribution in [-0.2, 0) is 0 Å². The third-order valence-corrected chi connectivity index (χ3v) is 5.46. The Bertz CT molecular complexity index is 624. The number of hydrogen-bond acceptors (Lipinski definition) is 3. The Balaban J connectivity index is 1.95. The van der Waals surface area contributed by atoms with E-state index >= 15 is 0 Å². The van der Waals surface area contributed by atoms with Gasteiger partial charge in [-0.2, -0.15) is 0 Å². The SMILES string of the molecule is Cc1cc(SC2CCCC(C)C2)c2cc(N)ccc2n1. The first-order valence-corrected chi connectivity index (χ1v) is 8.33. The van der Waals surface area contributed by atoms with Crippen LogP contribution in [0.15, 0.2) is 29.2 Å². The van der Waals surface area contributed by atoms with Gasteiger partial charge in [-0.1, -0.05) is 19.8 Å². The summed E-state index contributed by atoms with van der Waals surface area (Å²) in [5.41, 5.74) is 8.92. The fraction of sp³-hybridized carbons (Fsp3) is 0.471. The average Bonchev–Trinajstić information content (AvgIpc) is 2.39. The molecule has 3 heteroatoms. The van der Waals surface area contributed by atoms with Gasteiger partial charge in [0.25, 0.3) is 0 Å². The maximum Gasteiger partial charge on any atom is 0.0717 e. The summed E-state index contributed by atoms with van der Waals surface area (Å²) in [5.74, 6) is 0.862. The number of nitrogens with zero attached hydrogens (tertiary/aromatic N) is 1. The lowest BCUT2D eigenvalue weighted by Gasteiger charge is -2.26. The number of benzene rings is 1. The monoisotopic (exact) mass is 286 g/mol. The molecule has 2 N–H and O–H groups in total. The van der Waals surface area contributed by atoms with Crippen LogP contribution in [0.2, 0.25) is 0 Å². The molecule has 1 aromatic carbocycles. The smallest absolute Gasteiger partial charge is 0.0717 e. The summed E-state index contributed by atoms with van der Waals surface area (Å²) >= 11 is 2.03. The molecular formula is C17H22N2S. The van der Waals surface area contributed by atoms with Crippen LogP contribution in [0.4, 0.5) is 5.69 Å². The zero-order chi connectivity index (χ0) is 14.1. The van der Waals surface area contributed by atoms with Crippen molar-refractivity contribution in [3.05, 3.63) is 30.0 Å². The maximum absolute atomic E-state index is 5.95. The van der Waals surface area contributed by atoms with Crippen LogP contribution in [0.3, 0.4) is 0 Å². The van der Waals surface area contributed by atoms with Gasteiger partial charge in [0, 0.05) is 26.9 Å². The summed E-state index contributed by atoms with van der Waals surface area (Å²) in [6.07, 6.45) is 5.42. The van der Waals surface area contributed by atoms with Gasteiger partial charge in [0.2, 0.25) is 0 Å². The summed E-state index contributed by atoms with van der Waals surface area (Å²) in [6.45, 7) is 4.45. The van der Waals surface area contributed by atoms with E-state index in [0.29, 0.717) is 0 Å². The zero-order valence-electron chi connectivity index (χ0n) is 12.2. The van der Waals surface area contributed by atoms with Crippen molar-refractivity contribution in [1.29, 1.82) is 0 Å². The van der Waals surface area contributed by atoms with E-state index < -0.39 is 0 Å². The summed E-state index contributed by atoms with van der Waals surface area (Å²) in [7, 11) is 0. The van der Waals surface area contributed by atoms with Crippen molar-refractivity contribution in [2.24, 2.45) is 5.92 Å².